The molecule has 1 atom stereocenters. The Morgan fingerprint density at radius 3 is 3.03 bits per heavy atom. The first-order chi connectivity index (χ1) is 14.0. The molecular weight excluding hydrogens is 386 g/mol. The molecule has 0 spiro atoms. The van der Waals surface area contributed by atoms with Crippen LogP contribution in [0.4, 0.5) is 5.00 Å². The summed E-state index contributed by atoms with van der Waals surface area (Å²) in [5, 5.41) is 10.9. The summed E-state index contributed by atoms with van der Waals surface area (Å²) in [5.41, 5.74) is 8.10. The molecule has 29 heavy (non-hydrogen) atoms. The first-order valence-corrected chi connectivity index (χ1v) is 10.4. The molecule has 3 aromatic rings. The molecule has 0 saturated carbocycles. The number of benzene rings is 1. The van der Waals surface area contributed by atoms with Crippen LogP contribution in [0, 0.1) is 17.2 Å². The molecule has 2 heterocycles. The first kappa shape index (κ1) is 19.2. The number of primary amides is 1. The maximum absolute atomic E-state index is 12.2. The van der Waals surface area contributed by atoms with Gasteiger partial charge in [0.1, 0.15) is 16.6 Å². The second-order valence-electron chi connectivity index (χ2n) is 7.19. The molecule has 148 valence electrons. The van der Waals surface area contributed by atoms with Gasteiger partial charge in [-0.15, -0.1) is 11.3 Å². The monoisotopic (exact) mass is 407 g/mol. The van der Waals surface area contributed by atoms with Crippen LogP contribution < -0.4 is 16.0 Å². The minimum Gasteiger partial charge on any atom is -0.490 e. The van der Waals surface area contributed by atoms with Gasteiger partial charge in [0.2, 0.25) is 5.55 Å². The maximum atomic E-state index is 12.2. The van der Waals surface area contributed by atoms with Crippen LogP contribution in [0.1, 0.15) is 46.6 Å². The largest absolute Gasteiger partial charge is 0.490 e. The van der Waals surface area contributed by atoms with E-state index in [1.165, 1.54) is 11.3 Å². The molecule has 6 nitrogen and oxygen atoms in total. The van der Waals surface area contributed by atoms with Gasteiger partial charge in [0.25, 0.3) is 5.91 Å². The number of nitrogens with two attached hydrogens (primary N) is 1. The number of hydrogen-bond acceptors (Lipinski definition) is 6. The topological polar surface area (TPSA) is 102 Å². The highest BCUT2D eigenvalue weighted by Crippen LogP contribution is 2.40. The molecular formula is C22H21N3O3S. The Hall–Kier alpha value is -3.11. The third kappa shape index (κ3) is 3.52. The molecule has 1 unspecified atom stereocenters. The number of hydrogen-bond donors (Lipinski definition) is 1. The summed E-state index contributed by atoms with van der Waals surface area (Å²) in [4.78, 5) is 17.9. The Kier molecular flexibility index (Phi) is 5.12. The molecule has 1 amide bonds. The summed E-state index contributed by atoms with van der Waals surface area (Å²) in [6.45, 7) is 4.58. The fourth-order valence-corrected chi connectivity index (χ4v) is 5.10. The lowest BCUT2D eigenvalue weighted by Crippen LogP contribution is -2.16. The number of amides is 1. The number of para-hydroxylation sites is 1. The number of fused-ring (bicyclic) bond motifs is 2. The third-order valence-electron chi connectivity index (χ3n) is 5.10. The molecule has 1 aromatic carbocycles. The second-order valence-corrected chi connectivity index (χ2v) is 8.28. The van der Waals surface area contributed by atoms with E-state index in [9.17, 15) is 10.1 Å². The predicted molar refractivity (Wildman–Crippen MR) is 111 cm³/mol. The molecule has 4 rings (SSSR count). The zero-order chi connectivity index (χ0) is 20.5. The number of thiophene rings is 1. The minimum atomic E-state index is -0.495. The average molecular weight is 407 g/mol. The van der Waals surface area contributed by atoms with Gasteiger partial charge in [0, 0.05) is 10.3 Å². The molecule has 0 fully saturated rings. The van der Waals surface area contributed by atoms with E-state index >= 15 is 0 Å². The smallest absolute Gasteiger partial charge is 0.252 e. The summed E-state index contributed by atoms with van der Waals surface area (Å²) < 4.78 is 11.6. The number of rotatable bonds is 4. The standard InChI is InChI=1S/C22H21N3O3S/c1-3-27-16-6-4-5-13-10-14(11-23)21(28-19(13)16)25-22-18(20(24)26)15-8-7-12(2)9-17(15)29-22/h4-6,10,12H,3,7-9H2,1-2H3,(H2,24,26)/b25-21-. The van der Waals surface area contributed by atoms with Crippen molar-refractivity contribution < 1.29 is 13.9 Å². The number of nitriles is 1. The Morgan fingerprint density at radius 2 is 2.31 bits per heavy atom. The van der Waals surface area contributed by atoms with Gasteiger partial charge < -0.3 is 14.9 Å². The number of nitrogens with zero attached hydrogens (tertiary/aromatic N) is 2. The van der Waals surface area contributed by atoms with Crippen LogP contribution in [0.5, 0.6) is 5.75 Å². The van der Waals surface area contributed by atoms with Gasteiger partial charge >= 0.3 is 0 Å². The Morgan fingerprint density at radius 1 is 1.48 bits per heavy atom. The van der Waals surface area contributed by atoms with Crippen LogP contribution >= 0.6 is 11.3 Å². The highest BCUT2D eigenvalue weighted by molar-refractivity contribution is 7.16. The minimum absolute atomic E-state index is 0.154. The molecule has 1 aliphatic carbocycles. The molecule has 0 aliphatic heterocycles. The Balaban J connectivity index is 1.96. The van der Waals surface area contributed by atoms with E-state index in [1.54, 1.807) is 6.07 Å². The molecule has 7 heteroatoms. The Labute approximate surface area is 172 Å². The van der Waals surface area contributed by atoms with Gasteiger partial charge in [-0.3, -0.25) is 4.79 Å². The first-order valence-electron chi connectivity index (χ1n) is 9.60. The van der Waals surface area contributed by atoms with Gasteiger partial charge in [-0.2, -0.15) is 5.26 Å². The summed E-state index contributed by atoms with van der Waals surface area (Å²) in [6.07, 6.45) is 2.74. The van der Waals surface area contributed by atoms with Crippen molar-refractivity contribution in [1.29, 1.82) is 5.26 Å². The van der Waals surface area contributed by atoms with Crippen molar-refractivity contribution in [3.63, 3.8) is 0 Å². The van der Waals surface area contributed by atoms with Crippen molar-refractivity contribution in [2.75, 3.05) is 6.61 Å². The molecule has 0 radical (unpaired) electrons. The summed E-state index contributed by atoms with van der Waals surface area (Å²) in [6, 6.07) is 9.37. The quantitative estimate of drug-likeness (QED) is 0.699. The molecule has 2 N–H and O–H groups in total. The second kappa shape index (κ2) is 7.72. The van der Waals surface area contributed by atoms with Crippen molar-refractivity contribution in [3.8, 4) is 11.8 Å². The van der Waals surface area contributed by atoms with E-state index in [-0.39, 0.29) is 5.55 Å². The number of ether oxygens (including phenoxy) is 1. The predicted octanol–water partition coefficient (Wildman–Crippen LogP) is 4.22. The van der Waals surface area contributed by atoms with Crippen molar-refractivity contribution in [2.45, 2.75) is 33.1 Å². The highest BCUT2D eigenvalue weighted by atomic mass is 32.1. The summed E-state index contributed by atoms with van der Waals surface area (Å²) in [7, 11) is 0. The van der Waals surface area contributed by atoms with Crippen LogP contribution in [0.3, 0.4) is 0 Å². The lowest BCUT2D eigenvalue weighted by molar-refractivity contribution is 0.1000. The SMILES string of the molecule is CCOc1cccc2cc(C#N)/c(=N/c3sc4c(c3C(N)=O)CCC(C)C4)oc12. The van der Waals surface area contributed by atoms with Gasteiger partial charge in [-0.25, -0.2) is 4.99 Å². The number of carbonyl (C=O) groups excluding carboxylic acids is 1. The lowest BCUT2D eigenvalue weighted by Gasteiger charge is -2.18. The van der Waals surface area contributed by atoms with E-state index in [1.807, 2.05) is 25.1 Å². The lowest BCUT2D eigenvalue weighted by atomic mass is 9.88. The summed E-state index contributed by atoms with van der Waals surface area (Å²) >= 11 is 1.46. The van der Waals surface area contributed by atoms with E-state index < -0.39 is 5.91 Å². The van der Waals surface area contributed by atoms with E-state index in [2.05, 4.69) is 18.0 Å². The molecule has 0 bridgehead atoms. The van der Waals surface area contributed by atoms with E-state index in [4.69, 9.17) is 14.9 Å². The highest BCUT2D eigenvalue weighted by Gasteiger charge is 2.26. The maximum Gasteiger partial charge on any atom is 0.252 e. The van der Waals surface area contributed by atoms with E-state index in [0.717, 1.165) is 35.1 Å². The van der Waals surface area contributed by atoms with Crippen molar-refractivity contribution in [3.05, 3.63) is 51.4 Å². The van der Waals surface area contributed by atoms with Crippen LogP contribution in [0.25, 0.3) is 11.0 Å². The number of carbonyl (C=O) groups is 1. The van der Waals surface area contributed by atoms with Gasteiger partial charge in [-0.1, -0.05) is 19.1 Å². The molecule has 1 aliphatic rings. The van der Waals surface area contributed by atoms with Crippen molar-refractivity contribution in [2.24, 2.45) is 16.6 Å². The van der Waals surface area contributed by atoms with Gasteiger partial charge in [-0.05, 0) is 49.8 Å². The normalized spacial score (nSPS) is 16.4. The zero-order valence-corrected chi connectivity index (χ0v) is 17.1. The molecule has 0 saturated heterocycles. The Bertz CT molecular complexity index is 1220. The summed E-state index contributed by atoms with van der Waals surface area (Å²) in [5.74, 6) is 0.647. The van der Waals surface area contributed by atoms with Gasteiger partial charge in [0.05, 0.1) is 12.2 Å². The fourth-order valence-electron chi connectivity index (χ4n) is 3.72. The van der Waals surface area contributed by atoms with E-state index in [0.29, 0.717) is 40.0 Å². The van der Waals surface area contributed by atoms with Crippen LogP contribution in [0.2, 0.25) is 0 Å². The van der Waals surface area contributed by atoms with Crippen LogP contribution in [-0.2, 0) is 12.8 Å². The average Bonchev–Trinajstić information content (AvgIpc) is 3.05. The molecule has 2 aromatic heterocycles. The van der Waals surface area contributed by atoms with Crippen molar-refractivity contribution >= 4 is 33.2 Å². The van der Waals surface area contributed by atoms with Gasteiger partial charge in [0.15, 0.2) is 11.3 Å². The van der Waals surface area contributed by atoms with Crippen molar-refractivity contribution in [1.82, 2.24) is 0 Å². The van der Waals surface area contributed by atoms with Crippen LogP contribution in [-0.4, -0.2) is 12.5 Å². The van der Waals surface area contributed by atoms with Crippen LogP contribution in [0.15, 0.2) is 33.7 Å². The fraction of sp³-hybridized carbons (Fsp3) is 0.318. The third-order valence-corrected chi connectivity index (χ3v) is 6.25. The zero-order valence-electron chi connectivity index (χ0n) is 16.3.